The van der Waals surface area contributed by atoms with Crippen LogP contribution in [0, 0.1) is 0 Å². The number of nitrogens with one attached hydrogen (secondary N) is 3. The van der Waals surface area contributed by atoms with Crippen molar-refractivity contribution in [2.45, 2.75) is 18.9 Å². The number of nitrogen functional groups attached to an aromatic ring is 1. The molecule has 8 heteroatoms. The molecule has 0 saturated carbocycles. The van der Waals surface area contributed by atoms with E-state index in [2.05, 4.69) is 42.9 Å². The van der Waals surface area contributed by atoms with Crippen LogP contribution in [0.4, 0.5) is 11.8 Å². The molecule has 1 aliphatic rings. The monoisotopic (exact) mass is 262 g/mol. The number of likely N-dealkylation sites (tertiary alicyclic amines) is 1. The molecule has 19 heavy (non-hydrogen) atoms. The number of hydrazine groups is 1. The van der Waals surface area contributed by atoms with E-state index in [9.17, 15) is 0 Å². The van der Waals surface area contributed by atoms with Crippen molar-refractivity contribution in [1.82, 2.24) is 25.1 Å². The first-order valence-corrected chi connectivity index (χ1v) is 6.39. The van der Waals surface area contributed by atoms with Crippen LogP contribution in [0.1, 0.15) is 12.8 Å². The van der Waals surface area contributed by atoms with E-state index < -0.39 is 0 Å². The van der Waals surface area contributed by atoms with Gasteiger partial charge in [0.15, 0.2) is 5.65 Å². The van der Waals surface area contributed by atoms with Crippen LogP contribution in [0.25, 0.3) is 11.0 Å². The van der Waals surface area contributed by atoms with Crippen LogP contribution in [0.5, 0.6) is 0 Å². The molecule has 3 rings (SSSR count). The first kappa shape index (κ1) is 12.1. The van der Waals surface area contributed by atoms with Crippen molar-refractivity contribution in [3.63, 3.8) is 0 Å². The minimum absolute atomic E-state index is 0.382. The Bertz CT molecular complexity index is 557. The van der Waals surface area contributed by atoms with Gasteiger partial charge in [0.25, 0.3) is 0 Å². The standard InChI is InChI=1S/C11H18N8/c1-19-4-2-7(3-5-19)14-9-8-6-13-18-10(8)16-11(15-9)17-12/h6-7H,2-5,12H2,1H3,(H3,13,14,15,16,17,18). The zero-order valence-electron chi connectivity index (χ0n) is 10.8. The van der Waals surface area contributed by atoms with Gasteiger partial charge in [-0.25, -0.2) is 5.84 Å². The molecule has 2 aromatic rings. The second-order valence-electron chi connectivity index (χ2n) is 4.89. The van der Waals surface area contributed by atoms with Gasteiger partial charge in [0.1, 0.15) is 5.82 Å². The Kier molecular flexibility index (Phi) is 3.18. The van der Waals surface area contributed by atoms with Gasteiger partial charge < -0.3 is 10.2 Å². The number of hydrogen-bond donors (Lipinski definition) is 4. The predicted molar refractivity (Wildman–Crippen MR) is 73.6 cm³/mol. The van der Waals surface area contributed by atoms with Crippen molar-refractivity contribution in [1.29, 1.82) is 0 Å². The van der Waals surface area contributed by atoms with Crippen LogP contribution in [0.2, 0.25) is 0 Å². The number of nitrogens with two attached hydrogens (primary N) is 1. The highest BCUT2D eigenvalue weighted by Crippen LogP contribution is 2.22. The van der Waals surface area contributed by atoms with Gasteiger partial charge in [-0.3, -0.25) is 10.5 Å². The molecule has 8 nitrogen and oxygen atoms in total. The van der Waals surface area contributed by atoms with Crippen molar-refractivity contribution >= 4 is 22.8 Å². The first-order valence-electron chi connectivity index (χ1n) is 6.39. The summed E-state index contributed by atoms with van der Waals surface area (Å²) in [6.07, 6.45) is 3.93. The summed E-state index contributed by atoms with van der Waals surface area (Å²) >= 11 is 0. The Morgan fingerprint density at radius 1 is 1.37 bits per heavy atom. The van der Waals surface area contributed by atoms with E-state index in [0.29, 0.717) is 17.6 Å². The first-order chi connectivity index (χ1) is 9.26. The van der Waals surface area contributed by atoms with Gasteiger partial charge >= 0.3 is 0 Å². The Labute approximate surface area is 110 Å². The molecule has 0 aliphatic carbocycles. The molecule has 1 aliphatic heterocycles. The maximum absolute atomic E-state index is 5.39. The summed E-state index contributed by atoms with van der Waals surface area (Å²) in [6.45, 7) is 2.19. The SMILES string of the molecule is CN1CCC(Nc2nc(NN)nc3[nH]ncc23)CC1. The van der Waals surface area contributed by atoms with E-state index in [0.717, 1.165) is 37.1 Å². The summed E-state index contributed by atoms with van der Waals surface area (Å²) in [5.41, 5.74) is 3.15. The van der Waals surface area contributed by atoms with E-state index in [1.54, 1.807) is 6.20 Å². The number of aromatic nitrogens is 4. The summed E-state index contributed by atoms with van der Waals surface area (Å²) in [4.78, 5) is 10.9. The maximum Gasteiger partial charge on any atom is 0.241 e. The number of fused-ring (bicyclic) bond motifs is 1. The lowest BCUT2D eigenvalue weighted by molar-refractivity contribution is 0.264. The summed E-state index contributed by atoms with van der Waals surface area (Å²) < 4.78 is 0. The van der Waals surface area contributed by atoms with E-state index in [1.807, 2.05) is 0 Å². The molecule has 1 saturated heterocycles. The summed E-state index contributed by atoms with van der Waals surface area (Å²) in [5, 5.41) is 11.2. The Balaban J connectivity index is 1.85. The second kappa shape index (κ2) is 4.98. The Morgan fingerprint density at radius 3 is 2.89 bits per heavy atom. The fraction of sp³-hybridized carbons (Fsp3) is 0.545. The number of nitrogens with zero attached hydrogens (tertiary/aromatic N) is 4. The quantitative estimate of drug-likeness (QED) is 0.460. The molecule has 0 spiro atoms. The lowest BCUT2D eigenvalue weighted by atomic mass is 10.1. The van der Waals surface area contributed by atoms with Gasteiger partial charge in [-0.15, -0.1) is 0 Å². The molecule has 0 amide bonds. The normalized spacial score (nSPS) is 17.8. The van der Waals surface area contributed by atoms with Crippen LogP contribution in [0.3, 0.4) is 0 Å². The van der Waals surface area contributed by atoms with Gasteiger partial charge in [-0.05, 0) is 33.0 Å². The van der Waals surface area contributed by atoms with Gasteiger partial charge in [0.05, 0.1) is 11.6 Å². The smallest absolute Gasteiger partial charge is 0.241 e. The molecule has 0 radical (unpaired) electrons. The van der Waals surface area contributed by atoms with Gasteiger partial charge in [0, 0.05) is 6.04 Å². The number of anilines is 2. The Hall–Kier alpha value is -1.93. The lowest BCUT2D eigenvalue weighted by Crippen LogP contribution is -2.37. The number of rotatable bonds is 3. The average molecular weight is 262 g/mol. The maximum atomic E-state index is 5.39. The van der Waals surface area contributed by atoms with Crippen molar-refractivity contribution in [2.75, 3.05) is 30.9 Å². The largest absolute Gasteiger partial charge is 0.366 e. The third-order valence-electron chi connectivity index (χ3n) is 3.50. The molecular weight excluding hydrogens is 244 g/mol. The zero-order valence-corrected chi connectivity index (χ0v) is 10.8. The third-order valence-corrected chi connectivity index (χ3v) is 3.50. The van der Waals surface area contributed by atoms with Crippen molar-refractivity contribution in [3.8, 4) is 0 Å². The lowest BCUT2D eigenvalue weighted by Gasteiger charge is -2.29. The van der Waals surface area contributed by atoms with E-state index in [1.165, 1.54) is 0 Å². The zero-order chi connectivity index (χ0) is 13.2. The minimum atomic E-state index is 0.382. The van der Waals surface area contributed by atoms with Crippen molar-refractivity contribution in [2.24, 2.45) is 5.84 Å². The van der Waals surface area contributed by atoms with Gasteiger partial charge in [0.2, 0.25) is 5.95 Å². The van der Waals surface area contributed by atoms with Crippen LogP contribution in [0.15, 0.2) is 6.20 Å². The van der Waals surface area contributed by atoms with Crippen LogP contribution in [-0.4, -0.2) is 51.2 Å². The summed E-state index contributed by atoms with van der Waals surface area (Å²) in [6, 6.07) is 0.426. The highest BCUT2D eigenvalue weighted by molar-refractivity contribution is 5.87. The number of aromatic amines is 1. The summed E-state index contributed by atoms with van der Waals surface area (Å²) in [7, 11) is 2.14. The molecule has 5 N–H and O–H groups in total. The molecule has 0 aromatic carbocycles. The third kappa shape index (κ3) is 2.45. The molecule has 3 heterocycles. The van der Waals surface area contributed by atoms with Crippen molar-refractivity contribution in [3.05, 3.63) is 6.20 Å². The van der Waals surface area contributed by atoms with Gasteiger partial charge in [-0.1, -0.05) is 0 Å². The summed E-state index contributed by atoms with van der Waals surface area (Å²) in [5.74, 6) is 6.55. The number of hydrogen-bond acceptors (Lipinski definition) is 7. The second-order valence-corrected chi connectivity index (χ2v) is 4.89. The average Bonchev–Trinajstić information content (AvgIpc) is 2.89. The van der Waals surface area contributed by atoms with Crippen molar-refractivity contribution < 1.29 is 0 Å². The topological polar surface area (TPSA) is 108 Å². The molecule has 1 fully saturated rings. The highest BCUT2D eigenvalue weighted by atomic mass is 15.3. The Morgan fingerprint density at radius 2 is 2.16 bits per heavy atom. The molecule has 102 valence electrons. The molecule has 0 bridgehead atoms. The highest BCUT2D eigenvalue weighted by Gasteiger charge is 2.18. The van der Waals surface area contributed by atoms with E-state index >= 15 is 0 Å². The van der Waals surface area contributed by atoms with E-state index in [4.69, 9.17) is 5.84 Å². The predicted octanol–water partition coefficient (Wildman–Crippen LogP) is 0.145. The number of piperidine rings is 1. The van der Waals surface area contributed by atoms with Gasteiger partial charge in [-0.2, -0.15) is 15.1 Å². The fourth-order valence-electron chi connectivity index (χ4n) is 2.36. The van der Waals surface area contributed by atoms with Crippen LogP contribution >= 0.6 is 0 Å². The molecule has 2 aromatic heterocycles. The number of H-pyrrole nitrogens is 1. The van der Waals surface area contributed by atoms with Crippen LogP contribution < -0.4 is 16.6 Å². The van der Waals surface area contributed by atoms with E-state index in [-0.39, 0.29) is 0 Å². The van der Waals surface area contributed by atoms with Crippen LogP contribution in [-0.2, 0) is 0 Å². The molecular formula is C11H18N8. The minimum Gasteiger partial charge on any atom is -0.366 e. The fourth-order valence-corrected chi connectivity index (χ4v) is 2.36. The molecule has 0 atom stereocenters. The molecule has 0 unspecified atom stereocenters.